The van der Waals surface area contributed by atoms with Crippen molar-refractivity contribution >= 4 is 24.0 Å². The molecular formula is C24H29F3N5O2P. The summed E-state index contributed by atoms with van der Waals surface area (Å²) in [6.45, 7) is 3.56. The molecule has 0 bridgehead atoms. The van der Waals surface area contributed by atoms with Crippen LogP contribution in [-0.4, -0.2) is 33.5 Å². The number of fused-ring (bicyclic) bond motifs is 1. The predicted octanol–water partition coefficient (Wildman–Crippen LogP) is 4.91. The van der Waals surface area contributed by atoms with Crippen LogP contribution in [0.25, 0.3) is 11.0 Å². The van der Waals surface area contributed by atoms with Gasteiger partial charge in [0.2, 0.25) is 0 Å². The van der Waals surface area contributed by atoms with E-state index in [0.717, 1.165) is 6.07 Å². The summed E-state index contributed by atoms with van der Waals surface area (Å²) in [6.07, 6.45) is 0.494. The van der Waals surface area contributed by atoms with Crippen molar-refractivity contribution in [2.45, 2.75) is 44.2 Å². The first-order valence-corrected chi connectivity index (χ1v) is 14.0. The van der Waals surface area contributed by atoms with Crippen molar-refractivity contribution in [3.8, 4) is 0 Å². The van der Waals surface area contributed by atoms with Gasteiger partial charge < -0.3 is 15.6 Å². The number of hydrogen-bond donors (Lipinski definition) is 2. The van der Waals surface area contributed by atoms with Crippen LogP contribution in [0.5, 0.6) is 0 Å². The lowest BCUT2D eigenvalue weighted by atomic mass is 9.85. The Balaban J connectivity index is 1.80. The number of hydrogen-bond acceptors (Lipinski definition) is 6. The number of aromatic nitrogens is 3. The maximum absolute atomic E-state index is 14.9. The molecule has 7 nitrogen and oxygen atoms in total. The lowest BCUT2D eigenvalue weighted by Gasteiger charge is -2.36. The van der Waals surface area contributed by atoms with Crippen molar-refractivity contribution in [1.29, 1.82) is 0 Å². The minimum atomic E-state index is -2.93. The molecule has 2 aromatic heterocycles. The molecule has 1 saturated heterocycles. The molecule has 3 N–H and O–H groups in total. The van der Waals surface area contributed by atoms with Crippen LogP contribution in [0.3, 0.4) is 0 Å². The quantitative estimate of drug-likeness (QED) is 0.460. The van der Waals surface area contributed by atoms with Gasteiger partial charge >= 0.3 is 0 Å². The predicted molar refractivity (Wildman–Crippen MR) is 131 cm³/mol. The zero-order chi connectivity index (χ0) is 25.5. The van der Waals surface area contributed by atoms with Gasteiger partial charge in [0.15, 0.2) is 0 Å². The third-order valence-electron chi connectivity index (χ3n) is 6.99. The molecule has 1 aliphatic rings. The number of rotatable bonds is 6. The van der Waals surface area contributed by atoms with Gasteiger partial charge in [0.05, 0.1) is 24.1 Å². The second-order valence-corrected chi connectivity index (χ2v) is 12.9. The summed E-state index contributed by atoms with van der Waals surface area (Å²) in [7, 11) is -0.671. The molecule has 0 radical (unpaired) electrons. The number of nitrogens with zero attached hydrogens (tertiary/aromatic N) is 3. The minimum Gasteiger partial charge on any atom is -0.363 e. The summed E-state index contributed by atoms with van der Waals surface area (Å²) >= 11 is 0. The van der Waals surface area contributed by atoms with Gasteiger partial charge in [0.1, 0.15) is 23.6 Å². The van der Waals surface area contributed by atoms with Crippen LogP contribution in [0.2, 0.25) is 0 Å². The lowest BCUT2D eigenvalue weighted by Crippen LogP contribution is -2.46. The molecule has 1 atom stereocenters. The van der Waals surface area contributed by atoms with Crippen LogP contribution in [-0.2, 0) is 17.2 Å². The molecule has 1 fully saturated rings. The third-order valence-corrected chi connectivity index (χ3v) is 9.33. The van der Waals surface area contributed by atoms with Crippen molar-refractivity contribution in [3.63, 3.8) is 0 Å². The Hall–Kier alpha value is -2.71. The van der Waals surface area contributed by atoms with E-state index in [2.05, 4.69) is 15.3 Å². The molecule has 0 saturated carbocycles. The Morgan fingerprint density at radius 1 is 1.23 bits per heavy atom. The van der Waals surface area contributed by atoms with Crippen LogP contribution in [0.4, 0.5) is 19.0 Å². The first kappa shape index (κ1) is 25.4. The largest absolute Gasteiger partial charge is 0.363 e. The summed E-state index contributed by atoms with van der Waals surface area (Å²) in [5.41, 5.74) is 5.62. The molecule has 3 heterocycles. The fourth-order valence-corrected chi connectivity index (χ4v) is 6.66. The number of benzene rings is 1. The zero-order valence-corrected chi connectivity index (χ0v) is 20.8. The van der Waals surface area contributed by atoms with E-state index in [-0.39, 0.29) is 11.1 Å². The Morgan fingerprint density at radius 3 is 2.51 bits per heavy atom. The van der Waals surface area contributed by atoms with E-state index in [9.17, 15) is 22.5 Å². The number of halogens is 3. The molecular weight excluding hydrogens is 478 g/mol. The fraction of sp³-hybridized carbons (Fsp3) is 0.458. The van der Waals surface area contributed by atoms with Gasteiger partial charge in [-0.05, 0) is 32.0 Å². The van der Waals surface area contributed by atoms with Gasteiger partial charge in [-0.15, -0.1) is 0 Å². The van der Waals surface area contributed by atoms with Crippen molar-refractivity contribution in [1.82, 2.24) is 14.5 Å². The highest BCUT2D eigenvalue weighted by atomic mass is 31.2. The number of nitrogens with one attached hydrogen (secondary N) is 1. The fourth-order valence-electron chi connectivity index (χ4n) is 4.69. The Bertz CT molecular complexity index is 1370. The van der Waals surface area contributed by atoms with Gasteiger partial charge in [0.25, 0.3) is 12.0 Å². The van der Waals surface area contributed by atoms with Crippen LogP contribution in [0.1, 0.15) is 55.3 Å². The van der Waals surface area contributed by atoms with Crippen LogP contribution >= 0.6 is 7.14 Å². The molecule has 3 aromatic rings. The number of aryl methyl sites for hydroxylation is 1. The average Bonchev–Trinajstić information content (AvgIpc) is 2.82. The number of anilines is 1. The zero-order valence-electron chi connectivity index (χ0n) is 19.9. The Morgan fingerprint density at radius 2 is 1.89 bits per heavy atom. The second kappa shape index (κ2) is 9.39. The maximum Gasteiger partial charge on any atom is 0.266 e. The maximum atomic E-state index is 14.9. The third kappa shape index (κ3) is 4.74. The standard InChI is InChI=1S/C24H29F3N5O2P/c1-4-18(14-6-5-7-15(19(14)25)20(26)27)31-21-16-12-17(23(33)32(2)22(16)30-13-29-21)24(28)8-10-35(3,34)11-9-24/h5-7,12-13,18,20H,4,8-11,28H2,1-3H3,(H,29,30,31)/t18-,24?,35?/m1/s1. The highest BCUT2D eigenvalue weighted by Crippen LogP contribution is 2.50. The summed E-state index contributed by atoms with van der Waals surface area (Å²) < 4.78 is 55.3. The van der Waals surface area contributed by atoms with Crippen molar-refractivity contribution in [2.75, 3.05) is 24.3 Å². The lowest BCUT2D eigenvalue weighted by molar-refractivity contribution is 0.146. The Labute approximate surface area is 201 Å². The molecule has 4 rings (SSSR count). The normalized spacial score (nSPS) is 23.5. The van der Waals surface area contributed by atoms with E-state index >= 15 is 0 Å². The SMILES string of the molecule is CC[C@@H](Nc1ncnc2c1cc(C1(N)CCP(C)(=O)CC1)c(=O)n2C)c1cccc(C(F)F)c1F. The van der Waals surface area contributed by atoms with Crippen LogP contribution in [0.15, 0.2) is 35.4 Å². The number of nitrogens with two attached hydrogens (primary N) is 1. The van der Waals surface area contributed by atoms with E-state index in [1.807, 2.05) is 0 Å². The molecule has 1 aliphatic heterocycles. The first-order chi connectivity index (χ1) is 16.5. The monoisotopic (exact) mass is 507 g/mol. The van der Waals surface area contributed by atoms with E-state index < -0.39 is 36.5 Å². The van der Waals surface area contributed by atoms with Crippen LogP contribution in [0, 0.1) is 5.82 Å². The van der Waals surface area contributed by atoms with Crippen molar-refractivity contribution in [3.05, 3.63) is 63.5 Å². The number of alkyl halides is 2. The molecule has 188 valence electrons. The second-order valence-electron chi connectivity index (χ2n) is 9.44. The summed E-state index contributed by atoms with van der Waals surface area (Å²) in [5.74, 6) is -0.624. The van der Waals surface area contributed by atoms with Gasteiger partial charge in [-0.2, -0.15) is 0 Å². The molecule has 11 heteroatoms. The average molecular weight is 507 g/mol. The Kier molecular flexibility index (Phi) is 6.81. The van der Waals surface area contributed by atoms with Crippen LogP contribution < -0.4 is 16.6 Å². The molecule has 0 aliphatic carbocycles. The summed E-state index contributed by atoms with van der Waals surface area (Å²) in [4.78, 5) is 21.8. The smallest absolute Gasteiger partial charge is 0.266 e. The van der Waals surface area contributed by atoms with Gasteiger partial charge in [0, 0.05) is 36.0 Å². The van der Waals surface area contributed by atoms with Gasteiger partial charge in [-0.3, -0.25) is 9.36 Å². The summed E-state index contributed by atoms with van der Waals surface area (Å²) in [6, 6.07) is 4.94. The molecule has 0 unspecified atom stereocenters. The minimum absolute atomic E-state index is 0.100. The highest BCUT2D eigenvalue weighted by molar-refractivity contribution is 7.63. The van der Waals surface area contributed by atoms with Gasteiger partial charge in [-0.25, -0.2) is 23.1 Å². The van der Waals surface area contributed by atoms with Crippen molar-refractivity contribution in [2.24, 2.45) is 12.8 Å². The molecule has 1 aromatic carbocycles. The molecule has 0 amide bonds. The van der Waals surface area contributed by atoms with Crippen molar-refractivity contribution < 1.29 is 17.7 Å². The van der Waals surface area contributed by atoms with E-state index in [1.165, 1.54) is 23.0 Å². The number of pyridine rings is 1. The highest BCUT2D eigenvalue weighted by Gasteiger charge is 2.38. The topological polar surface area (TPSA) is 103 Å². The van der Waals surface area contributed by atoms with E-state index in [1.54, 1.807) is 26.7 Å². The first-order valence-electron chi connectivity index (χ1n) is 11.5. The molecule has 0 spiro atoms. The molecule has 35 heavy (non-hydrogen) atoms. The van der Waals surface area contributed by atoms with E-state index in [0.29, 0.717) is 54.0 Å². The van der Waals surface area contributed by atoms with Gasteiger partial charge in [-0.1, -0.05) is 25.1 Å². The summed E-state index contributed by atoms with van der Waals surface area (Å²) in [5, 5.41) is 3.66. The van der Waals surface area contributed by atoms with E-state index in [4.69, 9.17) is 5.73 Å².